The predicted octanol–water partition coefficient (Wildman–Crippen LogP) is 0.999. The highest BCUT2D eigenvalue weighted by atomic mass is 15.0. The summed E-state index contributed by atoms with van der Waals surface area (Å²) in [5.74, 6) is 0.506. The minimum absolute atomic E-state index is 0.506. The molecule has 5 heteroatoms. The number of nitrogens with zero attached hydrogens (tertiary/aromatic N) is 2. The van der Waals surface area contributed by atoms with Gasteiger partial charge in [0.05, 0.1) is 24.3 Å². The number of anilines is 2. The molecule has 72 valence electrons. The number of hydrogen-bond acceptors (Lipinski definition) is 4. The lowest BCUT2D eigenvalue weighted by atomic mass is 10.3. The Morgan fingerprint density at radius 1 is 1.50 bits per heavy atom. The normalized spacial score (nSPS) is 10.0. The molecule has 0 amide bonds. The van der Waals surface area contributed by atoms with Gasteiger partial charge in [0.25, 0.3) is 0 Å². The summed E-state index contributed by atoms with van der Waals surface area (Å²) >= 11 is 0. The number of nitrogen functional groups attached to an aromatic ring is 1. The lowest BCUT2D eigenvalue weighted by Gasteiger charge is -2.06. The molecule has 0 aliphatic rings. The minimum Gasteiger partial charge on any atom is -0.382 e. The summed E-state index contributed by atoms with van der Waals surface area (Å²) in [5.41, 5.74) is 7.50. The summed E-state index contributed by atoms with van der Waals surface area (Å²) in [7, 11) is 0. The van der Waals surface area contributed by atoms with Gasteiger partial charge in [-0.2, -0.15) is 0 Å². The van der Waals surface area contributed by atoms with Crippen molar-refractivity contribution in [3.63, 3.8) is 0 Å². The van der Waals surface area contributed by atoms with Crippen LogP contribution in [-0.2, 0) is 6.54 Å². The van der Waals surface area contributed by atoms with E-state index < -0.39 is 0 Å². The summed E-state index contributed by atoms with van der Waals surface area (Å²) in [6.45, 7) is 0.663. The molecule has 5 nitrogen and oxygen atoms in total. The van der Waals surface area contributed by atoms with E-state index >= 15 is 0 Å². The molecule has 2 heterocycles. The van der Waals surface area contributed by atoms with Crippen molar-refractivity contribution in [2.75, 3.05) is 11.1 Å². The highest BCUT2D eigenvalue weighted by Crippen LogP contribution is 2.13. The molecule has 0 aliphatic heterocycles. The van der Waals surface area contributed by atoms with E-state index in [2.05, 4.69) is 20.3 Å². The van der Waals surface area contributed by atoms with Gasteiger partial charge in [-0.1, -0.05) is 0 Å². The first-order valence-corrected chi connectivity index (χ1v) is 4.28. The molecular formula is C9H11N5. The second kappa shape index (κ2) is 3.78. The van der Waals surface area contributed by atoms with Crippen LogP contribution in [0.2, 0.25) is 0 Å². The number of rotatable bonds is 3. The Labute approximate surface area is 81.4 Å². The summed E-state index contributed by atoms with van der Waals surface area (Å²) in [5, 5.41) is 3.16. The fourth-order valence-corrected chi connectivity index (χ4v) is 1.14. The molecule has 0 saturated heterocycles. The molecule has 2 rings (SSSR count). The van der Waals surface area contributed by atoms with Crippen LogP contribution in [0, 0.1) is 0 Å². The van der Waals surface area contributed by atoms with Gasteiger partial charge >= 0.3 is 0 Å². The topological polar surface area (TPSA) is 79.6 Å². The van der Waals surface area contributed by atoms with Crippen LogP contribution in [0.3, 0.4) is 0 Å². The molecule has 14 heavy (non-hydrogen) atoms. The Kier molecular flexibility index (Phi) is 2.31. The molecule has 0 aliphatic carbocycles. The lowest BCUT2D eigenvalue weighted by molar-refractivity contribution is 1.07. The maximum Gasteiger partial charge on any atom is 0.146 e. The molecule has 0 unspecified atom stereocenters. The monoisotopic (exact) mass is 189 g/mol. The number of imidazole rings is 1. The van der Waals surface area contributed by atoms with Gasteiger partial charge in [0, 0.05) is 12.4 Å². The number of pyridine rings is 1. The van der Waals surface area contributed by atoms with Crippen molar-refractivity contribution in [2.45, 2.75) is 6.54 Å². The highest BCUT2D eigenvalue weighted by molar-refractivity contribution is 5.60. The summed E-state index contributed by atoms with van der Waals surface area (Å²) in [4.78, 5) is 10.9. The molecule has 2 aromatic rings. The Hall–Kier alpha value is -2.04. The molecule has 0 saturated carbocycles. The number of nitrogens with one attached hydrogen (secondary N) is 2. The van der Waals surface area contributed by atoms with Gasteiger partial charge in [-0.15, -0.1) is 0 Å². The molecule has 0 fully saturated rings. The third-order valence-electron chi connectivity index (χ3n) is 1.86. The molecule has 0 atom stereocenters. The van der Waals surface area contributed by atoms with E-state index in [0.717, 1.165) is 11.4 Å². The van der Waals surface area contributed by atoms with E-state index in [9.17, 15) is 0 Å². The van der Waals surface area contributed by atoms with Crippen molar-refractivity contribution in [3.8, 4) is 0 Å². The van der Waals surface area contributed by atoms with Crippen molar-refractivity contribution >= 4 is 11.5 Å². The number of aromatic nitrogens is 3. The highest BCUT2D eigenvalue weighted by Gasteiger charge is 1.98. The van der Waals surface area contributed by atoms with Crippen LogP contribution >= 0.6 is 0 Å². The number of H-pyrrole nitrogens is 1. The first-order valence-electron chi connectivity index (χ1n) is 4.28. The van der Waals surface area contributed by atoms with Gasteiger partial charge < -0.3 is 16.0 Å². The lowest BCUT2D eigenvalue weighted by Crippen LogP contribution is -2.03. The van der Waals surface area contributed by atoms with Crippen molar-refractivity contribution in [2.24, 2.45) is 0 Å². The van der Waals surface area contributed by atoms with Crippen LogP contribution in [0.15, 0.2) is 30.9 Å². The van der Waals surface area contributed by atoms with E-state index in [-0.39, 0.29) is 0 Å². The number of nitrogens with two attached hydrogens (primary N) is 1. The zero-order valence-electron chi connectivity index (χ0n) is 7.57. The van der Waals surface area contributed by atoms with E-state index in [1.54, 1.807) is 18.7 Å². The zero-order valence-corrected chi connectivity index (χ0v) is 7.57. The Morgan fingerprint density at radius 3 is 3.14 bits per heavy atom. The van der Waals surface area contributed by atoms with Crippen molar-refractivity contribution in [3.05, 3.63) is 36.5 Å². The van der Waals surface area contributed by atoms with Crippen LogP contribution in [0.25, 0.3) is 0 Å². The second-order valence-corrected chi connectivity index (χ2v) is 2.87. The third kappa shape index (κ3) is 1.82. The second-order valence-electron chi connectivity index (χ2n) is 2.87. The Morgan fingerprint density at radius 2 is 2.43 bits per heavy atom. The SMILES string of the molecule is Nc1ncccc1NCc1cnc[nH]1. The molecule has 0 spiro atoms. The number of aromatic amines is 1. The molecular weight excluding hydrogens is 178 g/mol. The van der Waals surface area contributed by atoms with Crippen LogP contribution in [-0.4, -0.2) is 15.0 Å². The van der Waals surface area contributed by atoms with Gasteiger partial charge in [0.15, 0.2) is 0 Å². The van der Waals surface area contributed by atoms with Crippen LogP contribution in [0.5, 0.6) is 0 Å². The fraction of sp³-hybridized carbons (Fsp3) is 0.111. The van der Waals surface area contributed by atoms with Gasteiger partial charge in [0.2, 0.25) is 0 Å². The minimum atomic E-state index is 0.506. The quantitative estimate of drug-likeness (QED) is 0.673. The van der Waals surface area contributed by atoms with E-state index in [4.69, 9.17) is 5.73 Å². The van der Waals surface area contributed by atoms with E-state index in [0.29, 0.717) is 12.4 Å². The van der Waals surface area contributed by atoms with Crippen LogP contribution in [0.4, 0.5) is 11.5 Å². The number of hydrogen-bond donors (Lipinski definition) is 3. The maximum atomic E-state index is 5.66. The summed E-state index contributed by atoms with van der Waals surface area (Å²) in [6.07, 6.45) is 5.07. The molecule has 4 N–H and O–H groups in total. The average molecular weight is 189 g/mol. The fourth-order valence-electron chi connectivity index (χ4n) is 1.14. The van der Waals surface area contributed by atoms with Crippen molar-refractivity contribution in [1.29, 1.82) is 0 Å². The maximum absolute atomic E-state index is 5.66. The Balaban J connectivity index is 2.02. The molecule has 0 radical (unpaired) electrons. The van der Waals surface area contributed by atoms with E-state index in [1.807, 2.05) is 12.1 Å². The largest absolute Gasteiger partial charge is 0.382 e. The zero-order chi connectivity index (χ0) is 9.80. The van der Waals surface area contributed by atoms with Crippen LogP contribution in [0.1, 0.15) is 5.69 Å². The third-order valence-corrected chi connectivity index (χ3v) is 1.86. The Bertz CT molecular complexity index is 395. The summed E-state index contributed by atoms with van der Waals surface area (Å²) in [6, 6.07) is 3.73. The summed E-state index contributed by atoms with van der Waals surface area (Å²) < 4.78 is 0. The van der Waals surface area contributed by atoms with Crippen molar-refractivity contribution < 1.29 is 0 Å². The molecule has 0 bridgehead atoms. The first-order chi connectivity index (χ1) is 6.86. The van der Waals surface area contributed by atoms with Gasteiger partial charge in [-0.3, -0.25) is 0 Å². The molecule has 2 aromatic heterocycles. The smallest absolute Gasteiger partial charge is 0.146 e. The van der Waals surface area contributed by atoms with Gasteiger partial charge in [0.1, 0.15) is 5.82 Å². The standard InChI is InChI=1S/C9H11N5/c10-9-8(2-1-3-12-9)13-5-7-4-11-6-14-7/h1-4,6,13H,5H2,(H2,10,12)(H,11,14). The predicted molar refractivity (Wildman–Crippen MR) is 54.6 cm³/mol. The van der Waals surface area contributed by atoms with Gasteiger partial charge in [-0.05, 0) is 12.1 Å². The van der Waals surface area contributed by atoms with E-state index in [1.165, 1.54) is 0 Å². The van der Waals surface area contributed by atoms with Crippen LogP contribution < -0.4 is 11.1 Å². The van der Waals surface area contributed by atoms with Crippen molar-refractivity contribution in [1.82, 2.24) is 15.0 Å². The first kappa shape index (κ1) is 8.55. The average Bonchev–Trinajstić information content (AvgIpc) is 2.69. The van der Waals surface area contributed by atoms with Gasteiger partial charge in [-0.25, -0.2) is 9.97 Å². The molecule has 0 aromatic carbocycles.